The molecule has 0 bridgehead atoms. The number of carbonyl (C=O) groups is 1. The fourth-order valence-corrected chi connectivity index (χ4v) is 3.31. The number of hydrogen-bond acceptors (Lipinski definition) is 7. The molecule has 2 N–H and O–H groups in total. The number of carbonyl (C=O) groups excluding carboxylic acids is 1. The second-order valence-corrected chi connectivity index (χ2v) is 6.44. The van der Waals surface area contributed by atoms with Gasteiger partial charge in [0.05, 0.1) is 24.2 Å². The third-order valence-electron chi connectivity index (χ3n) is 3.50. The van der Waals surface area contributed by atoms with Crippen molar-refractivity contribution in [2.24, 2.45) is 0 Å². The molecule has 9 heteroatoms. The van der Waals surface area contributed by atoms with E-state index in [1.807, 2.05) is 18.7 Å². The number of amides is 1. The molecule has 1 fully saturated rings. The van der Waals surface area contributed by atoms with E-state index >= 15 is 0 Å². The summed E-state index contributed by atoms with van der Waals surface area (Å²) in [4.78, 5) is 14.2. The summed E-state index contributed by atoms with van der Waals surface area (Å²) in [6, 6.07) is 3.50. The van der Waals surface area contributed by atoms with E-state index in [9.17, 15) is 4.79 Å². The van der Waals surface area contributed by atoms with Gasteiger partial charge in [0.1, 0.15) is 0 Å². The lowest BCUT2D eigenvalue weighted by molar-refractivity contribution is -0.140. The van der Waals surface area contributed by atoms with Gasteiger partial charge in [0.15, 0.2) is 5.76 Å². The van der Waals surface area contributed by atoms with E-state index in [1.165, 1.54) is 16.4 Å². The summed E-state index contributed by atoms with van der Waals surface area (Å²) in [5, 5.41) is 8.49. The maximum absolute atomic E-state index is 12.3. The molecule has 1 aliphatic rings. The van der Waals surface area contributed by atoms with Crippen molar-refractivity contribution in [3.05, 3.63) is 18.4 Å². The topological polar surface area (TPSA) is 99.4 Å². The Morgan fingerprint density at radius 1 is 1.39 bits per heavy atom. The molecule has 0 unspecified atom stereocenters. The molecule has 3 heterocycles. The van der Waals surface area contributed by atoms with Gasteiger partial charge in [-0.05, 0) is 26.0 Å². The molecule has 8 nitrogen and oxygen atoms in total. The van der Waals surface area contributed by atoms with Crippen molar-refractivity contribution in [2.75, 3.05) is 24.7 Å². The molecule has 0 spiro atoms. The van der Waals surface area contributed by atoms with Gasteiger partial charge in [-0.1, -0.05) is 11.8 Å². The highest BCUT2D eigenvalue weighted by atomic mass is 32.2. The van der Waals surface area contributed by atoms with Crippen LogP contribution >= 0.6 is 11.8 Å². The van der Waals surface area contributed by atoms with Crippen LogP contribution in [-0.4, -0.2) is 56.7 Å². The molecule has 1 aliphatic heterocycles. The first kappa shape index (κ1) is 15.9. The Kier molecular flexibility index (Phi) is 4.58. The normalized spacial score (nSPS) is 21.6. The monoisotopic (exact) mass is 337 g/mol. The zero-order valence-corrected chi connectivity index (χ0v) is 13.8. The molecule has 124 valence electrons. The van der Waals surface area contributed by atoms with Crippen LogP contribution in [0.15, 0.2) is 28.0 Å². The van der Waals surface area contributed by atoms with Gasteiger partial charge in [-0.25, -0.2) is 4.68 Å². The summed E-state index contributed by atoms with van der Waals surface area (Å²) in [7, 11) is 0. The third-order valence-corrected chi connectivity index (χ3v) is 4.43. The van der Waals surface area contributed by atoms with Crippen molar-refractivity contribution < 1.29 is 13.9 Å². The van der Waals surface area contributed by atoms with E-state index in [-0.39, 0.29) is 23.9 Å². The summed E-state index contributed by atoms with van der Waals surface area (Å²) in [6.07, 6.45) is 1.65. The number of furan rings is 1. The molecule has 23 heavy (non-hydrogen) atoms. The molecule has 0 aliphatic carbocycles. The Balaban J connectivity index is 1.61. The van der Waals surface area contributed by atoms with Crippen molar-refractivity contribution in [3.63, 3.8) is 0 Å². The van der Waals surface area contributed by atoms with E-state index in [0.29, 0.717) is 29.8 Å². The predicted octanol–water partition coefficient (Wildman–Crippen LogP) is 0.980. The van der Waals surface area contributed by atoms with E-state index < -0.39 is 0 Å². The highest BCUT2D eigenvalue weighted by molar-refractivity contribution is 7.99. The molecular weight excluding hydrogens is 318 g/mol. The van der Waals surface area contributed by atoms with Crippen LogP contribution in [0.25, 0.3) is 11.6 Å². The highest BCUT2D eigenvalue weighted by Crippen LogP contribution is 2.22. The molecule has 2 atom stereocenters. The van der Waals surface area contributed by atoms with Gasteiger partial charge in [0.25, 0.3) is 0 Å². The van der Waals surface area contributed by atoms with Crippen molar-refractivity contribution >= 4 is 17.7 Å². The zero-order chi connectivity index (χ0) is 16.4. The highest BCUT2D eigenvalue weighted by Gasteiger charge is 2.26. The van der Waals surface area contributed by atoms with Gasteiger partial charge in [0, 0.05) is 13.1 Å². The minimum atomic E-state index is 0.0412. The van der Waals surface area contributed by atoms with Crippen LogP contribution in [0.1, 0.15) is 13.8 Å². The van der Waals surface area contributed by atoms with Gasteiger partial charge in [-0.15, -0.1) is 10.2 Å². The minimum absolute atomic E-state index is 0.0412. The molecule has 0 aromatic carbocycles. The minimum Gasteiger partial charge on any atom is -0.461 e. The fraction of sp³-hybridized carbons (Fsp3) is 0.500. The number of hydrogen-bond donors (Lipinski definition) is 1. The van der Waals surface area contributed by atoms with Gasteiger partial charge in [-0.3, -0.25) is 4.79 Å². The summed E-state index contributed by atoms with van der Waals surface area (Å²) in [6.45, 7) is 5.15. The average molecular weight is 337 g/mol. The Bertz CT molecular complexity index is 662. The summed E-state index contributed by atoms with van der Waals surface area (Å²) < 4.78 is 12.2. The van der Waals surface area contributed by atoms with Crippen molar-refractivity contribution in [3.8, 4) is 11.6 Å². The van der Waals surface area contributed by atoms with Crippen LogP contribution in [-0.2, 0) is 9.53 Å². The molecule has 3 rings (SSSR count). The van der Waals surface area contributed by atoms with E-state index in [4.69, 9.17) is 15.0 Å². The van der Waals surface area contributed by atoms with E-state index in [0.717, 1.165) is 0 Å². The number of nitrogen functional groups attached to an aromatic ring is 1. The second kappa shape index (κ2) is 6.63. The molecular formula is C14H19N5O3S. The maximum Gasteiger partial charge on any atom is 0.233 e. The Morgan fingerprint density at radius 3 is 2.78 bits per heavy atom. The van der Waals surface area contributed by atoms with Crippen molar-refractivity contribution in [2.45, 2.75) is 31.2 Å². The summed E-state index contributed by atoms with van der Waals surface area (Å²) >= 11 is 1.26. The first-order chi connectivity index (χ1) is 11.0. The van der Waals surface area contributed by atoms with Gasteiger partial charge in [0.2, 0.25) is 16.9 Å². The van der Waals surface area contributed by atoms with Crippen LogP contribution in [0.2, 0.25) is 0 Å². The third kappa shape index (κ3) is 3.50. The first-order valence-electron chi connectivity index (χ1n) is 7.35. The van der Waals surface area contributed by atoms with Gasteiger partial charge < -0.3 is 19.9 Å². The lowest BCUT2D eigenvalue weighted by Crippen LogP contribution is -2.48. The van der Waals surface area contributed by atoms with E-state index in [1.54, 1.807) is 18.4 Å². The van der Waals surface area contributed by atoms with Crippen LogP contribution in [0.3, 0.4) is 0 Å². The number of nitrogens with zero attached hydrogens (tertiary/aromatic N) is 4. The molecule has 1 saturated heterocycles. The SMILES string of the molecule is C[C@H]1CN(C(=O)CSc2nnc(-c3ccco3)n2N)C[C@H](C)O1. The van der Waals surface area contributed by atoms with E-state index in [2.05, 4.69) is 10.2 Å². The number of thioether (sulfide) groups is 1. The standard InChI is InChI=1S/C14H19N5O3S/c1-9-6-18(7-10(2)22-9)12(20)8-23-14-17-16-13(19(14)15)11-4-3-5-21-11/h3-5,9-10H,6-8,15H2,1-2H3/t9-,10-/m0/s1. The second-order valence-electron chi connectivity index (χ2n) is 5.50. The molecule has 0 radical (unpaired) electrons. The smallest absolute Gasteiger partial charge is 0.233 e. The Morgan fingerprint density at radius 2 is 2.13 bits per heavy atom. The van der Waals surface area contributed by atoms with Gasteiger partial charge >= 0.3 is 0 Å². The van der Waals surface area contributed by atoms with Crippen molar-refractivity contribution in [1.82, 2.24) is 19.8 Å². The lowest BCUT2D eigenvalue weighted by atomic mass is 10.2. The molecule has 0 saturated carbocycles. The Hall–Kier alpha value is -2.00. The molecule has 1 amide bonds. The first-order valence-corrected chi connectivity index (χ1v) is 8.33. The number of aromatic nitrogens is 3. The predicted molar refractivity (Wildman–Crippen MR) is 85.2 cm³/mol. The lowest BCUT2D eigenvalue weighted by Gasteiger charge is -2.35. The Labute approximate surface area is 137 Å². The number of morpholine rings is 1. The number of ether oxygens (including phenoxy) is 1. The van der Waals surface area contributed by atoms with Crippen LogP contribution in [0.4, 0.5) is 0 Å². The maximum atomic E-state index is 12.3. The van der Waals surface area contributed by atoms with Crippen LogP contribution < -0.4 is 5.84 Å². The summed E-state index contributed by atoms with van der Waals surface area (Å²) in [5.74, 6) is 7.23. The number of nitrogens with two attached hydrogens (primary N) is 1. The fourth-order valence-electron chi connectivity index (χ4n) is 2.55. The average Bonchev–Trinajstić information content (AvgIpc) is 3.13. The number of rotatable bonds is 4. The summed E-state index contributed by atoms with van der Waals surface area (Å²) in [5.41, 5.74) is 0. The largest absolute Gasteiger partial charge is 0.461 e. The molecule has 2 aromatic rings. The quantitative estimate of drug-likeness (QED) is 0.656. The van der Waals surface area contributed by atoms with Crippen LogP contribution in [0.5, 0.6) is 0 Å². The zero-order valence-electron chi connectivity index (χ0n) is 13.0. The van der Waals surface area contributed by atoms with Crippen LogP contribution in [0, 0.1) is 0 Å². The van der Waals surface area contributed by atoms with Crippen molar-refractivity contribution in [1.29, 1.82) is 0 Å². The van der Waals surface area contributed by atoms with Gasteiger partial charge in [-0.2, -0.15) is 0 Å². The molecule has 2 aromatic heterocycles.